The predicted octanol–water partition coefficient (Wildman–Crippen LogP) is 3.10. The number of carbonyl (C=O) groups is 1. The van der Waals surface area contributed by atoms with E-state index in [1.807, 2.05) is 60.7 Å². The minimum atomic E-state index is -3.92. The summed E-state index contributed by atoms with van der Waals surface area (Å²) in [6.45, 7) is 0. The van der Waals surface area contributed by atoms with Gasteiger partial charge in [0.2, 0.25) is 5.91 Å². The van der Waals surface area contributed by atoms with Crippen molar-refractivity contribution in [2.24, 2.45) is 0 Å². The summed E-state index contributed by atoms with van der Waals surface area (Å²) in [4.78, 5) is 13.6. The molecule has 8 nitrogen and oxygen atoms in total. The lowest BCUT2D eigenvalue weighted by Crippen LogP contribution is -2.52. The van der Waals surface area contributed by atoms with Gasteiger partial charge in [-0.25, -0.2) is 8.42 Å². The third-order valence-corrected chi connectivity index (χ3v) is 8.84. The molecule has 3 rings (SSSR count). The van der Waals surface area contributed by atoms with Gasteiger partial charge in [0, 0.05) is 25.5 Å². The summed E-state index contributed by atoms with van der Waals surface area (Å²) in [6, 6.07) is 24.9. The fraction of sp³-hybridized carbons (Fsp3) is 0.250. The molecule has 0 heterocycles. The molecule has 3 aromatic rings. The second-order valence-corrected chi connectivity index (χ2v) is 12.7. The van der Waals surface area contributed by atoms with E-state index in [0.717, 1.165) is 20.8 Å². The van der Waals surface area contributed by atoms with Crippen LogP contribution in [0, 0.1) is 0 Å². The highest BCUT2D eigenvalue weighted by Crippen LogP contribution is 2.14. The number of nitrogens with zero attached hydrogens (tertiary/aromatic N) is 1. The number of rotatable bonds is 13. The zero-order chi connectivity index (χ0) is 27.6. The molecule has 2 atom stereocenters. The number of hydrogen-bond donors (Lipinski definition) is 2. The zero-order valence-corrected chi connectivity index (χ0v) is 23.0. The van der Waals surface area contributed by atoms with Crippen LogP contribution in [-0.2, 0) is 37.7 Å². The second-order valence-electron chi connectivity index (χ2n) is 8.97. The Hall–Kier alpha value is -3.31. The average molecular weight is 556 g/mol. The first-order valence-corrected chi connectivity index (χ1v) is 15.1. The van der Waals surface area contributed by atoms with E-state index >= 15 is 0 Å². The normalized spacial score (nSPS) is 13.9. The van der Waals surface area contributed by atoms with E-state index < -0.39 is 38.0 Å². The number of carbonyl (C=O) groups excluding carboxylic acids is 1. The van der Waals surface area contributed by atoms with Gasteiger partial charge in [0.25, 0.3) is 10.2 Å². The monoisotopic (exact) mass is 555 g/mol. The van der Waals surface area contributed by atoms with Crippen LogP contribution < -0.4 is 10.0 Å². The first kappa shape index (κ1) is 29.2. The molecule has 3 aromatic carbocycles. The van der Waals surface area contributed by atoms with Crippen LogP contribution in [0.5, 0.6) is 0 Å². The Morgan fingerprint density at radius 1 is 0.816 bits per heavy atom. The molecule has 0 radical (unpaired) electrons. The maximum Gasteiger partial charge on any atom is 0.279 e. The molecule has 1 amide bonds. The zero-order valence-electron chi connectivity index (χ0n) is 21.4. The van der Waals surface area contributed by atoms with Crippen LogP contribution >= 0.6 is 0 Å². The van der Waals surface area contributed by atoms with E-state index in [0.29, 0.717) is 12.8 Å². The van der Waals surface area contributed by atoms with E-state index in [1.54, 1.807) is 18.2 Å². The summed E-state index contributed by atoms with van der Waals surface area (Å²) in [6.07, 6.45) is 2.56. The number of nitrogens with one attached hydrogen (secondary N) is 2. The maximum absolute atomic E-state index is 13.4. The lowest BCUT2D eigenvalue weighted by Gasteiger charge is -2.23. The van der Waals surface area contributed by atoms with Crippen molar-refractivity contribution < 1.29 is 21.6 Å². The molecule has 0 bridgehead atoms. The molecule has 0 saturated carbocycles. The van der Waals surface area contributed by atoms with Crippen LogP contribution in [0.15, 0.2) is 107 Å². The van der Waals surface area contributed by atoms with Crippen molar-refractivity contribution in [1.29, 1.82) is 0 Å². The molecule has 0 aromatic heterocycles. The van der Waals surface area contributed by atoms with Crippen molar-refractivity contribution in [3.63, 3.8) is 0 Å². The van der Waals surface area contributed by atoms with Crippen LogP contribution in [0.2, 0.25) is 0 Å². The van der Waals surface area contributed by atoms with Gasteiger partial charge in [-0.05, 0) is 42.5 Å². The van der Waals surface area contributed by atoms with E-state index in [2.05, 4.69) is 10.0 Å². The predicted molar refractivity (Wildman–Crippen MR) is 149 cm³/mol. The number of aryl methyl sites for hydroxylation is 1. The van der Waals surface area contributed by atoms with Crippen LogP contribution in [0.4, 0.5) is 0 Å². The average Bonchev–Trinajstić information content (AvgIpc) is 2.91. The number of sulfone groups is 1. The van der Waals surface area contributed by atoms with Crippen molar-refractivity contribution in [2.45, 2.75) is 36.2 Å². The Labute approximate surface area is 225 Å². The highest BCUT2D eigenvalue weighted by Gasteiger charge is 2.27. The van der Waals surface area contributed by atoms with Gasteiger partial charge in [0.05, 0.1) is 4.90 Å². The first-order valence-electron chi connectivity index (χ1n) is 12.1. The Bertz CT molecular complexity index is 1410. The van der Waals surface area contributed by atoms with Gasteiger partial charge < -0.3 is 5.32 Å². The molecule has 0 aliphatic rings. The quantitative estimate of drug-likeness (QED) is 0.337. The van der Waals surface area contributed by atoms with Gasteiger partial charge in [-0.1, -0.05) is 84.9 Å². The number of amides is 1. The second kappa shape index (κ2) is 13.5. The number of hydrogen-bond acceptors (Lipinski definition) is 5. The molecule has 0 spiro atoms. The fourth-order valence-corrected chi connectivity index (χ4v) is 5.53. The van der Waals surface area contributed by atoms with Gasteiger partial charge in [0.1, 0.15) is 6.04 Å². The van der Waals surface area contributed by atoms with Crippen molar-refractivity contribution >= 4 is 26.0 Å². The van der Waals surface area contributed by atoms with E-state index in [9.17, 15) is 21.6 Å². The molecule has 202 valence electrons. The lowest BCUT2D eigenvalue weighted by atomic mass is 10.0. The first-order chi connectivity index (χ1) is 18.1. The van der Waals surface area contributed by atoms with Crippen LogP contribution in [0.25, 0.3) is 0 Å². The fourth-order valence-electron chi connectivity index (χ4n) is 3.68. The Morgan fingerprint density at radius 3 is 1.89 bits per heavy atom. The minimum Gasteiger partial charge on any atom is -0.348 e. The summed E-state index contributed by atoms with van der Waals surface area (Å²) in [5.41, 5.74) is 1.80. The SMILES string of the molecule is CN(C)S(=O)(=O)NC(Cc1ccccc1)C(=O)N[C@H](/C=C/S(=O)(=O)c1ccccc1)CCc1ccccc1. The molecule has 0 fully saturated rings. The van der Waals surface area contributed by atoms with Gasteiger partial charge in [-0.3, -0.25) is 4.79 Å². The third-order valence-electron chi connectivity index (χ3n) is 5.85. The molecule has 38 heavy (non-hydrogen) atoms. The maximum atomic E-state index is 13.4. The minimum absolute atomic E-state index is 0.122. The third kappa shape index (κ3) is 8.91. The number of benzene rings is 3. The van der Waals surface area contributed by atoms with Crippen LogP contribution in [-0.4, -0.2) is 53.2 Å². The van der Waals surface area contributed by atoms with Crippen molar-refractivity contribution in [3.8, 4) is 0 Å². The van der Waals surface area contributed by atoms with E-state index in [4.69, 9.17) is 0 Å². The Kier molecular flexibility index (Phi) is 10.4. The topological polar surface area (TPSA) is 113 Å². The van der Waals surface area contributed by atoms with Crippen LogP contribution in [0.1, 0.15) is 17.5 Å². The Balaban J connectivity index is 1.85. The van der Waals surface area contributed by atoms with Gasteiger partial charge >= 0.3 is 0 Å². The molecule has 0 aliphatic carbocycles. The smallest absolute Gasteiger partial charge is 0.279 e. The molecule has 1 unspecified atom stereocenters. The van der Waals surface area contributed by atoms with Crippen molar-refractivity contribution in [1.82, 2.24) is 14.3 Å². The summed E-state index contributed by atoms with van der Waals surface area (Å²) in [7, 11) is -4.90. The van der Waals surface area contributed by atoms with Gasteiger partial charge in [-0.2, -0.15) is 17.4 Å². The Morgan fingerprint density at radius 2 is 1.34 bits per heavy atom. The van der Waals surface area contributed by atoms with Crippen molar-refractivity contribution in [2.75, 3.05) is 14.1 Å². The van der Waals surface area contributed by atoms with Crippen molar-refractivity contribution in [3.05, 3.63) is 114 Å². The standard InChI is InChI=1S/C28H33N3O5S2/c1-31(2)38(35,36)30-27(22-24-14-8-4-9-15-24)28(32)29-25(19-18-23-12-6-3-7-13-23)20-21-37(33,34)26-16-10-5-11-17-26/h3-17,20-21,25,27,30H,18-19,22H2,1-2H3,(H,29,32)/b21-20+/t25-,27?/m0/s1. The van der Waals surface area contributed by atoms with E-state index in [-0.39, 0.29) is 11.3 Å². The summed E-state index contributed by atoms with van der Waals surface area (Å²) in [5.74, 6) is -0.556. The summed E-state index contributed by atoms with van der Waals surface area (Å²) >= 11 is 0. The molecule has 2 N–H and O–H groups in total. The lowest BCUT2D eigenvalue weighted by molar-refractivity contribution is -0.123. The molecular weight excluding hydrogens is 522 g/mol. The van der Waals surface area contributed by atoms with E-state index in [1.165, 1.54) is 32.3 Å². The van der Waals surface area contributed by atoms with Crippen LogP contribution in [0.3, 0.4) is 0 Å². The van der Waals surface area contributed by atoms with Gasteiger partial charge in [0.15, 0.2) is 9.84 Å². The summed E-state index contributed by atoms with van der Waals surface area (Å²) in [5, 5.41) is 3.95. The molecule has 10 heteroatoms. The largest absolute Gasteiger partial charge is 0.348 e. The highest BCUT2D eigenvalue weighted by molar-refractivity contribution is 7.94. The summed E-state index contributed by atoms with van der Waals surface area (Å²) < 4.78 is 54.3. The van der Waals surface area contributed by atoms with Gasteiger partial charge in [-0.15, -0.1) is 0 Å². The molecule has 0 aliphatic heterocycles. The highest BCUT2D eigenvalue weighted by atomic mass is 32.2. The molecular formula is C28H33N3O5S2. The molecule has 0 saturated heterocycles.